The number of ether oxygens (including phenoxy) is 1. The van der Waals surface area contributed by atoms with Crippen LogP contribution in [0.1, 0.15) is 0 Å². The van der Waals surface area contributed by atoms with Gasteiger partial charge >= 0.3 is 0 Å². The molecular formula is C7H9NOS. The third kappa shape index (κ3) is 2.19. The Morgan fingerprint density at radius 3 is 3.10 bits per heavy atom. The molecule has 1 aliphatic heterocycles. The Bertz CT molecular complexity index is 165. The topological polar surface area (TPSA) is 21.3 Å². The first-order valence-electron chi connectivity index (χ1n) is 3.09. The lowest BCUT2D eigenvalue weighted by atomic mass is 10.3. The Hall–Kier alpha value is -0.830. The van der Waals surface area contributed by atoms with Gasteiger partial charge in [-0.05, 0) is 12.2 Å². The summed E-state index contributed by atoms with van der Waals surface area (Å²) in [6.07, 6.45) is 7.60. The molecule has 1 unspecified atom stereocenters. The summed E-state index contributed by atoms with van der Waals surface area (Å²) >= 11 is 4.59. The minimum absolute atomic E-state index is 0.129. The van der Waals surface area contributed by atoms with E-state index in [4.69, 9.17) is 4.74 Å². The Morgan fingerprint density at radius 1 is 1.60 bits per heavy atom. The second-order valence-electron chi connectivity index (χ2n) is 1.91. The smallest absolute Gasteiger partial charge is 0.133 e. The lowest BCUT2D eigenvalue weighted by Gasteiger charge is -2.13. The summed E-state index contributed by atoms with van der Waals surface area (Å²) in [5.74, 6) is 0. The van der Waals surface area contributed by atoms with E-state index in [2.05, 4.69) is 17.5 Å². The number of rotatable bonds is 3. The van der Waals surface area contributed by atoms with Crippen molar-refractivity contribution in [1.29, 1.82) is 0 Å². The van der Waals surface area contributed by atoms with E-state index in [0.29, 0.717) is 0 Å². The fraction of sp³-hybridized carbons (Fsp3) is 0.286. The van der Waals surface area contributed by atoms with Gasteiger partial charge in [0.05, 0.1) is 18.3 Å². The maximum absolute atomic E-state index is 5.18. The quantitative estimate of drug-likeness (QED) is 0.614. The summed E-state index contributed by atoms with van der Waals surface area (Å²) in [6, 6.07) is 0. The highest BCUT2D eigenvalue weighted by Gasteiger charge is 2.02. The Labute approximate surface area is 65.6 Å². The molecule has 0 aromatic rings. The highest BCUT2D eigenvalue weighted by molar-refractivity contribution is 7.78. The minimum Gasteiger partial charge on any atom is -0.492 e. The zero-order valence-corrected chi connectivity index (χ0v) is 6.30. The molecule has 0 aromatic carbocycles. The fourth-order valence-electron chi connectivity index (χ4n) is 0.705. The van der Waals surface area contributed by atoms with Crippen LogP contribution in [0.15, 0.2) is 24.5 Å². The molecule has 0 radical (unpaired) electrons. The number of thiocarbonyl (C=S) groups is 1. The molecule has 1 rings (SSSR count). The molecule has 0 saturated heterocycles. The van der Waals surface area contributed by atoms with E-state index in [1.54, 1.807) is 6.26 Å². The molecule has 3 heteroatoms. The molecular weight excluding hydrogens is 146 g/mol. The van der Waals surface area contributed by atoms with Gasteiger partial charge in [0, 0.05) is 0 Å². The summed E-state index contributed by atoms with van der Waals surface area (Å²) in [4.78, 5) is 0. The van der Waals surface area contributed by atoms with Crippen LogP contribution >= 0.6 is 12.2 Å². The number of allylic oxidation sites excluding steroid dienone is 2. The van der Waals surface area contributed by atoms with Gasteiger partial charge in [-0.1, -0.05) is 18.3 Å². The monoisotopic (exact) mass is 155 g/mol. The standard InChI is InChI=1S/C7H9NOS/c10-6-8-5-7-3-1-2-4-9-7/h1-4,6-7H,5H2,(H,8,10). The lowest BCUT2D eigenvalue weighted by Crippen LogP contribution is -2.25. The fourth-order valence-corrected chi connectivity index (χ4v) is 0.802. The highest BCUT2D eigenvalue weighted by Crippen LogP contribution is 1.99. The molecule has 0 bridgehead atoms. The maximum Gasteiger partial charge on any atom is 0.133 e. The molecule has 10 heavy (non-hydrogen) atoms. The molecule has 0 amide bonds. The summed E-state index contributed by atoms with van der Waals surface area (Å²) in [5, 5.41) is 2.90. The Balaban J connectivity index is 2.23. The first kappa shape index (κ1) is 7.28. The van der Waals surface area contributed by atoms with Gasteiger partial charge < -0.3 is 10.1 Å². The van der Waals surface area contributed by atoms with E-state index in [9.17, 15) is 0 Å². The molecule has 1 N–H and O–H groups in total. The zero-order chi connectivity index (χ0) is 7.23. The third-order valence-corrected chi connectivity index (χ3v) is 1.34. The minimum atomic E-state index is 0.129. The normalized spacial score (nSPS) is 21.8. The van der Waals surface area contributed by atoms with Crippen LogP contribution in [-0.2, 0) is 4.74 Å². The van der Waals surface area contributed by atoms with Gasteiger partial charge in [0.1, 0.15) is 6.10 Å². The van der Waals surface area contributed by atoms with E-state index < -0.39 is 0 Å². The first-order chi connectivity index (χ1) is 4.93. The van der Waals surface area contributed by atoms with Crippen molar-refractivity contribution < 1.29 is 4.74 Å². The number of hydrogen-bond acceptors (Lipinski definition) is 2. The zero-order valence-electron chi connectivity index (χ0n) is 5.49. The Kier molecular flexibility index (Phi) is 2.96. The first-order valence-corrected chi connectivity index (χ1v) is 3.56. The van der Waals surface area contributed by atoms with E-state index in [-0.39, 0.29) is 6.10 Å². The molecule has 0 aliphatic carbocycles. The average molecular weight is 155 g/mol. The van der Waals surface area contributed by atoms with Gasteiger partial charge in [-0.15, -0.1) is 0 Å². The second-order valence-corrected chi connectivity index (χ2v) is 2.15. The van der Waals surface area contributed by atoms with Crippen molar-refractivity contribution in [2.75, 3.05) is 6.54 Å². The largest absolute Gasteiger partial charge is 0.492 e. The van der Waals surface area contributed by atoms with Crippen LogP contribution in [-0.4, -0.2) is 18.1 Å². The third-order valence-electron chi connectivity index (χ3n) is 1.17. The summed E-state index contributed by atoms with van der Waals surface area (Å²) in [5.41, 5.74) is 1.50. The van der Waals surface area contributed by atoms with Crippen molar-refractivity contribution in [2.45, 2.75) is 6.10 Å². The van der Waals surface area contributed by atoms with Gasteiger partial charge in [-0.3, -0.25) is 0 Å². The van der Waals surface area contributed by atoms with E-state index in [1.165, 1.54) is 5.49 Å². The highest BCUT2D eigenvalue weighted by atomic mass is 32.1. The number of nitrogens with one attached hydrogen (secondary N) is 1. The molecule has 0 saturated carbocycles. The molecule has 1 atom stereocenters. The van der Waals surface area contributed by atoms with E-state index in [0.717, 1.165) is 6.54 Å². The van der Waals surface area contributed by atoms with Crippen LogP contribution in [0.2, 0.25) is 0 Å². The van der Waals surface area contributed by atoms with Gasteiger partial charge in [0.2, 0.25) is 0 Å². The van der Waals surface area contributed by atoms with E-state index in [1.807, 2.05) is 18.2 Å². The predicted molar refractivity (Wildman–Crippen MR) is 44.8 cm³/mol. The summed E-state index contributed by atoms with van der Waals surface area (Å²) in [7, 11) is 0. The summed E-state index contributed by atoms with van der Waals surface area (Å²) in [6.45, 7) is 0.740. The van der Waals surface area contributed by atoms with Crippen LogP contribution in [0.4, 0.5) is 0 Å². The van der Waals surface area contributed by atoms with Crippen LogP contribution in [0.3, 0.4) is 0 Å². The molecule has 0 aromatic heterocycles. The van der Waals surface area contributed by atoms with Crippen molar-refractivity contribution >= 4 is 17.7 Å². The molecule has 2 nitrogen and oxygen atoms in total. The van der Waals surface area contributed by atoms with Crippen LogP contribution in [0.25, 0.3) is 0 Å². The number of hydrogen-bond donors (Lipinski definition) is 1. The van der Waals surface area contributed by atoms with Crippen LogP contribution in [0.5, 0.6) is 0 Å². The predicted octanol–water partition coefficient (Wildman–Crippen LogP) is 1.00. The SMILES string of the molecule is S=CNCC1C=CC=CO1. The van der Waals surface area contributed by atoms with Crippen molar-refractivity contribution in [3.63, 3.8) is 0 Å². The maximum atomic E-state index is 5.18. The van der Waals surface area contributed by atoms with Gasteiger partial charge in [-0.2, -0.15) is 0 Å². The molecule has 0 spiro atoms. The summed E-state index contributed by atoms with van der Waals surface area (Å²) < 4.78 is 5.18. The van der Waals surface area contributed by atoms with Crippen LogP contribution in [0, 0.1) is 0 Å². The van der Waals surface area contributed by atoms with Gasteiger partial charge in [0.15, 0.2) is 0 Å². The Morgan fingerprint density at radius 2 is 2.50 bits per heavy atom. The van der Waals surface area contributed by atoms with E-state index >= 15 is 0 Å². The molecule has 0 fully saturated rings. The lowest BCUT2D eigenvalue weighted by molar-refractivity contribution is 0.186. The van der Waals surface area contributed by atoms with Gasteiger partial charge in [-0.25, -0.2) is 0 Å². The molecule has 54 valence electrons. The molecule has 1 heterocycles. The second kappa shape index (κ2) is 4.06. The van der Waals surface area contributed by atoms with Crippen molar-refractivity contribution in [2.24, 2.45) is 0 Å². The molecule has 1 aliphatic rings. The van der Waals surface area contributed by atoms with Crippen LogP contribution < -0.4 is 5.32 Å². The van der Waals surface area contributed by atoms with Gasteiger partial charge in [0.25, 0.3) is 0 Å². The van der Waals surface area contributed by atoms with Crippen molar-refractivity contribution in [3.8, 4) is 0 Å². The average Bonchev–Trinajstić information content (AvgIpc) is 2.03. The van der Waals surface area contributed by atoms with Crippen molar-refractivity contribution in [3.05, 3.63) is 24.5 Å². The van der Waals surface area contributed by atoms with Crippen molar-refractivity contribution in [1.82, 2.24) is 5.32 Å².